The van der Waals surface area contributed by atoms with Gasteiger partial charge in [-0.15, -0.1) is 0 Å². The highest BCUT2D eigenvalue weighted by Crippen LogP contribution is 2.22. The fourth-order valence-corrected chi connectivity index (χ4v) is 5.13. The molecule has 4 N–H and O–H groups in total. The first-order valence-electron chi connectivity index (χ1n) is 19.0. The average Bonchev–Trinajstić information content (AvgIpc) is 3.11. The van der Waals surface area contributed by atoms with E-state index in [2.05, 4.69) is 74.6 Å². The Morgan fingerprint density at radius 1 is 0.660 bits per heavy atom. The van der Waals surface area contributed by atoms with Gasteiger partial charge in [-0.1, -0.05) is 119 Å². The van der Waals surface area contributed by atoms with Gasteiger partial charge in [0.15, 0.2) is 6.29 Å². The van der Waals surface area contributed by atoms with E-state index in [1.807, 2.05) is 12.2 Å². The van der Waals surface area contributed by atoms with Crippen LogP contribution in [0, 0.1) is 0 Å². The van der Waals surface area contributed by atoms with Gasteiger partial charge in [-0.05, 0) is 64.2 Å². The van der Waals surface area contributed by atoms with Crippen LogP contribution in [0.1, 0.15) is 117 Å². The number of rotatable bonds is 30. The Balaban J connectivity index is 2.40. The second kappa shape index (κ2) is 32.5. The van der Waals surface area contributed by atoms with Crippen molar-refractivity contribution >= 4 is 5.97 Å². The molecule has 0 amide bonds. The molecule has 1 fully saturated rings. The second-order valence-electron chi connectivity index (χ2n) is 12.6. The summed E-state index contributed by atoms with van der Waals surface area (Å²) in [7, 11) is 0. The zero-order valence-electron chi connectivity index (χ0n) is 30.9. The fraction of sp³-hybridized carbons (Fsp3) is 0.683. The third kappa shape index (κ3) is 23.9. The first kappa shape index (κ1) is 45.7. The number of allylic oxidation sites excluding steroid dienone is 12. The van der Waals surface area contributed by atoms with Gasteiger partial charge in [0, 0.05) is 13.0 Å². The summed E-state index contributed by atoms with van der Waals surface area (Å²) in [6, 6.07) is 0. The lowest BCUT2D eigenvalue weighted by Crippen LogP contribution is -2.59. The number of hydrogen-bond acceptors (Lipinski definition) is 9. The van der Waals surface area contributed by atoms with Crippen molar-refractivity contribution < 1.29 is 44.2 Å². The largest absolute Gasteiger partial charge is 0.457 e. The van der Waals surface area contributed by atoms with E-state index in [1.54, 1.807) is 0 Å². The number of carbonyl (C=O) groups is 1. The van der Waals surface area contributed by atoms with Crippen molar-refractivity contribution in [2.24, 2.45) is 0 Å². The van der Waals surface area contributed by atoms with E-state index < -0.39 is 49.4 Å². The second-order valence-corrected chi connectivity index (χ2v) is 12.6. The highest BCUT2D eigenvalue weighted by atomic mass is 16.7. The molecule has 0 aromatic carbocycles. The zero-order valence-corrected chi connectivity index (χ0v) is 30.9. The predicted molar refractivity (Wildman–Crippen MR) is 200 cm³/mol. The van der Waals surface area contributed by atoms with Gasteiger partial charge >= 0.3 is 5.97 Å². The monoisotopic (exact) mass is 704 g/mol. The Morgan fingerprint density at radius 3 is 1.84 bits per heavy atom. The number of esters is 1. The summed E-state index contributed by atoms with van der Waals surface area (Å²) in [4.78, 5) is 12.6. The normalized spacial score (nSPS) is 22.4. The Hall–Kier alpha value is -2.37. The summed E-state index contributed by atoms with van der Waals surface area (Å²) in [6.07, 6.45) is 33.7. The average molecular weight is 705 g/mol. The molecule has 9 heteroatoms. The van der Waals surface area contributed by atoms with Crippen LogP contribution in [0.4, 0.5) is 0 Å². The van der Waals surface area contributed by atoms with Crippen molar-refractivity contribution in [3.63, 3.8) is 0 Å². The molecule has 6 unspecified atom stereocenters. The molecule has 0 aliphatic carbocycles. The van der Waals surface area contributed by atoms with Crippen LogP contribution >= 0.6 is 0 Å². The van der Waals surface area contributed by atoms with E-state index >= 15 is 0 Å². The number of hydrogen-bond donors (Lipinski definition) is 4. The lowest BCUT2D eigenvalue weighted by atomic mass is 9.99. The highest BCUT2D eigenvalue weighted by molar-refractivity contribution is 5.69. The summed E-state index contributed by atoms with van der Waals surface area (Å²) in [6.45, 7) is 4.23. The van der Waals surface area contributed by atoms with Crippen LogP contribution in [0.5, 0.6) is 0 Å². The Kier molecular flexibility index (Phi) is 29.7. The Morgan fingerprint density at radius 2 is 1.22 bits per heavy atom. The minimum Gasteiger partial charge on any atom is -0.457 e. The quantitative estimate of drug-likeness (QED) is 0.0344. The van der Waals surface area contributed by atoms with Crippen LogP contribution in [0.15, 0.2) is 72.9 Å². The molecule has 1 aliphatic rings. The lowest BCUT2D eigenvalue weighted by Gasteiger charge is -2.39. The number of ether oxygens (including phenoxy) is 4. The standard InChI is InChI=1S/C41H68O9/c1-3-5-7-9-11-13-15-17-19-21-23-25-27-29-31-47-33-35(34-48-41-40(46)39(45)38(44)36(32-42)50-41)49-37(43)30-28-26-24-22-20-18-16-14-12-10-8-6-4-2/h6-9,12-15,18,20,24,26,35-36,38-42,44-46H,3-5,10-11,16-17,19,21-23,25,27-34H2,1-2H3/b8-6-,9-7-,14-12-,15-13-,20-18-,26-24-. The smallest absolute Gasteiger partial charge is 0.306 e. The Bertz CT molecular complexity index is 985. The summed E-state index contributed by atoms with van der Waals surface area (Å²) >= 11 is 0. The molecule has 1 heterocycles. The highest BCUT2D eigenvalue weighted by Gasteiger charge is 2.44. The number of unbranched alkanes of at least 4 members (excludes halogenated alkanes) is 7. The molecule has 1 saturated heterocycles. The minimum absolute atomic E-state index is 0.104. The van der Waals surface area contributed by atoms with E-state index in [0.717, 1.165) is 64.2 Å². The van der Waals surface area contributed by atoms with Gasteiger partial charge in [0.2, 0.25) is 0 Å². The lowest BCUT2D eigenvalue weighted by molar-refractivity contribution is -0.305. The topological polar surface area (TPSA) is 135 Å². The molecule has 0 aromatic heterocycles. The predicted octanol–water partition coefficient (Wildman–Crippen LogP) is 7.35. The van der Waals surface area contributed by atoms with Crippen molar-refractivity contribution in [3.8, 4) is 0 Å². The van der Waals surface area contributed by atoms with Crippen LogP contribution < -0.4 is 0 Å². The van der Waals surface area contributed by atoms with E-state index in [1.165, 1.54) is 25.7 Å². The molecule has 0 radical (unpaired) electrons. The maximum Gasteiger partial charge on any atom is 0.306 e. The summed E-state index contributed by atoms with van der Waals surface area (Å²) in [5, 5.41) is 39.9. The molecule has 50 heavy (non-hydrogen) atoms. The van der Waals surface area contributed by atoms with Gasteiger partial charge < -0.3 is 39.4 Å². The first-order valence-corrected chi connectivity index (χ1v) is 19.0. The van der Waals surface area contributed by atoms with E-state index in [4.69, 9.17) is 18.9 Å². The Labute approximate surface area is 302 Å². The van der Waals surface area contributed by atoms with Crippen LogP contribution in [0.25, 0.3) is 0 Å². The van der Waals surface area contributed by atoms with Crippen LogP contribution in [-0.2, 0) is 23.7 Å². The minimum atomic E-state index is -1.55. The molecule has 1 aliphatic heterocycles. The van der Waals surface area contributed by atoms with Gasteiger partial charge in [-0.2, -0.15) is 0 Å². The maximum absolute atomic E-state index is 12.6. The summed E-state index contributed by atoms with van der Waals surface area (Å²) in [5.74, 6) is -0.402. The van der Waals surface area contributed by atoms with E-state index in [9.17, 15) is 25.2 Å². The number of carbonyl (C=O) groups excluding carboxylic acids is 1. The molecule has 6 atom stereocenters. The van der Waals surface area contributed by atoms with Gasteiger partial charge in [-0.25, -0.2) is 0 Å². The van der Waals surface area contributed by atoms with Gasteiger partial charge in [0.1, 0.15) is 30.5 Å². The van der Waals surface area contributed by atoms with Crippen molar-refractivity contribution in [1.29, 1.82) is 0 Å². The van der Waals surface area contributed by atoms with Crippen LogP contribution in [0.2, 0.25) is 0 Å². The van der Waals surface area contributed by atoms with Gasteiger partial charge in [0.25, 0.3) is 0 Å². The number of aliphatic hydroxyl groups is 4. The molecule has 0 aromatic rings. The third-order valence-electron chi connectivity index (χ3n) is 8.10. The zero-order chi connectivity index (χ0) is 36.5. The third-order valence-corrected chi connectivity index (χ3v) is 8.10. The fourth-order valence-electron chi connectivity index (χ4n) is 5.13. The first-order chi connectivity index (χ1) is 24.4. The molecule has 0 spiro atoms. The SMILES string of the molecule is CC/C=C\C/C=C\C/C=C\C/C=C\CCC(=O)OC(COCCCCCCCC/C=C\C/C=C\CCC)COC1OC(CO)C(O)C(O)C1O. The molecular weight excluding hydrogens is 636 g/mol. The molecule has 9 nitrogen and oxygen atoms in total. The van der Waals surface area contributed by atoms with Crippen molar-refractivity contribution in [1.82, 2.24) is 0 Å². The van der Waals surface area contributed by atoms with Gasteiger partial charge in [-0.3, -0.25) is 4.79 Å². The van der Waals surface area contributed by atoms with Crippen LogP contribution in [0.3, 0.4) is 0 Å². The molecular formula is C41H68O9. The molecule has 0 bridgehead atoms. The molecule has 0 saturated carbocycles. The van der Waals surface area contributed by atoms with E-state index in [-0.39, 0.29) is 19.6 Å². The maximum atomic E-state index is 12.6. The molecule has 286 valence electrons. The van der Waals surface area contributed by atoms with Crippen LogP contribution in [-0.4, -0.2) is 89.6 Å². The van der Waals surface area contributed by atoms with Crippen molar-refractivity contribution in [2.45, 2.75) is 153 Å². The summed E-state index contributed by atoms with van der Waals surface area (Å²) < 4.78 is 22.6. The summed E-state index contributed by atoms with van der Waals surface area (Å²) in [5.41, 5.74) is 0. The number of aliphatic hydroxyl groups excluding tert-OH is 4. The molecule has 1 rings (SSSR count). The van der Waals surface area contributed by atoms with E-state index in [0.29, 0.717) is 13.0 Å². The van der Waals surface area contributed by atoms with Gasteiger partial charge in [0.05, 0.1) is 19.8 Å². The van der Waals surface area contributed by atoms with Crippen molar-refractivity contribution in [2.75, 3.05) is 26.4 Å². The van der Waals surface area contributed by atoms with Crippen molar-refractivity contribution in [3.05, 3.63) is 72.9 Å².